The minimum atomic E-state index is -4.78. The summed E-state index contributed by atoms with van der Waals surface area (Å²) >= 11 is 0. The molecule has 0 spiro atoms. The minimum absolute atomic E-state index is 0.302. The number of alkyl halides is 3. The van der Waals surface area contributed by atoms with Crippen molar-refractivity contribution in [3.63, 3.8) is 0 Å². The monoisotopic (exact) mass is 323 g/mol. The number of amides is 1. The highest BCUT2D eigenvalue weighted by Gasteiger charge is 2.34. The van der Waals surface area contributed by atoms with Crippen molar-refractivity contribution in [3.8, 4) is 0 Å². The predicted octanol–water partition coefficient (Wildman–Crippen LogP) is 2.48. The van der Waals surface area contributed by atoms with Crippen molar-refractivity contribution >= 4 is 16.3 Å². The van der Waals surface area contributed by atoms with E-state index in [-0.39, 0.29) is 0 Å². The third-order valence-corrected chi connectivity index (χ3v) is 2.61. The molecule has 0 aromatic rings. The summed E-state index contributed by atoms with van der Waals surface area (Å²) in [4.78, 5) is 11.9. The van der Waals surface area contributed by atoms with Gasteiger partial charge < -0.3 is 4.74 Å². The van der Waals surface area contributed by atoms with Gasteiger partial charge in [-0.3, -0.25) is 4.90 Å². The number of hydrogen-bond acceptors (Lipinski definition) is 4. The summed E-state index contributed by atoms with van der Waals surface area (Å²) < 4.78 is 74.5. The Balaban J connectivity index is 4.69. The molecule has 10 heteroatoms. The van der Waals surface area contributed by atoms with Gasteiger partial charge in [0.15, 0.2) is 0 Å². The van der Waals surface area contributed by atoms with Crippen LogP contribution in [0.3, 0.4) is 0 Å². The first-order valence-electron chi connectivity index (χ1n) is 5.67. The SMILES string of the molecule is CC(C)(C)OC(=O)N(CCCS(=O)(=O)F)CC(F)(F)F. The van der Waals surface area contributed by atoms with E-state index in [1.54, 1.807) is 0 Å². The second kappa shape index (κ2) is 6.59. The molecule has 0 heterocycles. The first-order valence-corrected chi connectivity index (χ1v) is 7.22. The largest absolute Gasteiger partial charge is 0.444 e. The molecule has 0 radical (unpaired) electrons. The van der Waals surface area contributed by atoms with E-state index in [4.69, 9.17) is 4.74 Å². The number of nitrogens with zero attached hydrogens (tertiary/aromatic N) is 1. The van der Waals surface area contributed by atoms with Gasteiger partial charge in [-0.1, -0.05) is 0 Å². The zero-order valence-corrected chi connectivity index (χ0v) is 12.1. The van der Waals surface area contributed by atoms with Crippen LogP contribution in [0, 0.1) is 0 Å². The van der Waals surface area contributed by atoms with Crippen LogP contribution in [0.15, 0.2) is 0 Å². The first kappa shape index (κ1) is 18.9. The number of ether oxygens (including phenoxy) is 1. The molecule has 0 saturated heterocycles. The van der Waals surface area contributed by atoms with Crippen molar-refractivity contribution in [2.75, 3.05) is 18.8 Å². The third-order valence-electron chi connectivity index (χ3n) is 1.84. The quantitative estimate of drug-likeness (QED) is 0.576. The summed E-state index contributed by atoms with van der Waals surface area (Å²) in [6, 6.07) is 0. The van der Waals surface area contributed by atoms with Crippen LogP contribution >= 0.6 is 0 Å². The van der Waals surface area contributed by atoms with Crippen LogP contribution in [0.5, 0.6) is 0 Å². The molecule has 0 bridgehead atoms. The Kier molecular flexibility index (Phi) is 6.25. The molecule has 5 nitrogen and oxygen atoms in total. The Bertz CT molecular complexity index is 428. The van der Waals surface area contributed by atoms with Gasteiger partial charge in [0.25, 0.3) is 0 Å². The lowest BCUT2D eigenvalue weighted by atomic mass is 10.2. The summed E-state index contributed by atoms with van der Waals surface area (Å²) in [5, 5.41) is 0. The van der Waals surface area contributed by atoms with Crippen LogP contribution in [0.4, 0.5) is 21.9 Å². The summed E-state index contributed by atoms with van der Waals surface area (Å²) in [6.07, 6.45) is -6.34. The van der Waals surface area contributed by atoms with Gasteiger partial charge in [-0.2, -0.15) is 21.6 Å². The number of carbonyl (C=O) groups is 1. The molecule has 20 heavy (non-hydrogen) atoms. The van der Waals surface area contributed by atoms with Gasteiger partial charge in [-0.15, -0.1) is 3.89 Å². The smallest absolute Gasteiger partial charge is 0.410 e. The standard InChI is InChI=1S/C10H17F4NO4S/c1-9(2,3)19-8(16)15(7-10(11,12)13)5-4-6-20(14,17)18/h4-7H2,1-3H3. The molecule has 0 saturated carbocycles. The lowest BCUT2D eigenvalue weighted by Gasteiger charge is -2.27. The Morgan fingerprint density at radius 3 is 2.05 bits per heavy atom. The summed E-state index contributed by atoms with van der Waals surface area (Å²) in [6.45, 7) is 2.26. The van der Waals surface area contributed by atoms with E-state index in [2.05, 4.69) is 0 Å². The average Bonchev–Trinajstić information content (AvgIpc) is 2.09. The molecule has 0 aliphatic rings. The number of hydrogen-bond donors (Lipinski definition) is 0. The second-order valence-electron chi connectivity index (χ2n) is 5.11. The van der Waals surface area contributed by atoms with E-state index in [0.29, 0.717) is 4.90 Å². The normalized spacial score (nSPS) is 13.2. The Morgan fingerprint density at radius 1 is 1.20 bits per heavy atom. The summed E-state index contributed by atoms with van der Waals surface area (Å²) in [5.74, 6) is -0.954. The van der Waals surface area contributed by atoms with Crippen molar-refractivity contribution in [1.29, 1.82) is 0 Å². The fourth-order valence-corrected chi connectivity index (χ4v) is 1.68. The van der Waals surface area contributed by atoms with E-state index in [1.807, 2.05) is 0 Å². The maximum absolute atomic E-state index is 12.3. The van der Waals surface area contributed by atoms with Crippen LogP contribution in [0.25, 0.3) is 0 Å². The van der Waals surface area contributed by atoms with Crippen molar-refractivity contribution in [1.82, 2.24) is 4.90 Å². The molecule has 0 N–H and O–H groups in total. The molecule has 0 aliphatic carbocycles. The molecule has 0 fully saturated rings. The highest BCUT2D eigenvalue weighted by molar-refractivity contribution is 7.86. The molecular weight excluding hydrogens is 306 g/mol. The van der Waals surface area contributed by atoms with Crippen LogP contribution in [0.2, 0.25) is 0 Å². The van der Waals surface area contributed by atoms with Crippen LogP contribution < -0.4 is 0 Å². The zero-order valence-electron chi connectivity index (χ0n) is 11.3. The number of rotatable bonds is 5. The average molecular weight is 323 g/mol. The molecule has 0 aromatic carbocycles. The van der Waals surface area contributed by atoms with Gasteiger partial charge in [-0.25, -0.2) is 4.79 Å². The van der Waals surface area contributed by atoms with E-state index < -0.39 is 53.4 Å². The van der Waals surface area contributed by atoms with E-state index in [9.17, 15) is 30.3 Å². The van der Waals surface area contributed by atoms with Crippen molar-refractivity contribution in [2.45, 2.75) is 39.0 Å². The third kappa shape index (κ3) is 10.8. The fraction of sp³-hybridized carbons (Fsp3) is 0.900. The minimum Gasteiger partial charge on any atom is -0.444 e. The van der Waals surface area contributed by atoms with Crippen molar-refractivity contribution in [3.05, 3.63) is 0 Å². The maximum Gasteiger partial charge on any atom is 0.410 e. The van der Waals surface area contributed by atoms with Gasteiger partial charge in [-0.05, 0) is 27.2 Å². The molecule has 0 aliphatic heterocycles. The topological polar surface area (TPSA) is 63.7 Å². The molecule has 120 valence electrons. The van der Waals surface area contributed by atoms with Crippen LogP contribution in [0.1, 0.15) is 27.2 Å². The van der Waals surface area contributed by atoms with E-state index >= 15 is 0 Å². The van der Waals surface area contributed by atoms with Gasteiger partial charge in [0, 0.05) is 6.54 Å². The van der Waals surface area contributed by atoms with Gasteiger partial charge in [0.05, 0.1) is 5.75 Å². The number of halogens is 4. The lowest BCUT2D eigenvalue weighted by Crippen LogP contribution is -2.42. The zero-order chi connectivity index (χ0) is 16.2. The fourth-order valence-electron chi connectivity index (χ4n) is 1.21. The molecule has 0 unspecified atom stereocenters. The van der Waals surface area contributed by atoms with Crippen LogP contribution in [-0.4, -0.2) is 50.0 Å². The van der Waals surface area contributed by atoms with E-state index in [1.165, 1.54) is 20.8 Å². The van der Waals surface area contributed by atoms with Crippen molar-refractivity contribution in [2.24, 2.45) is 0 Å². The summed E-state index contributed by atoms with van der Waals surface area (Å²) in [7, 11) is -4.78. The Hall–Kier alpha value is -1.06. The predicted molar refractivity (Wildman–Crippen MR) is 63.4 cm³/mol. The van der Waals surface area contributed by atoms with Crippen LogP contribution in [-0.2, 0) is 15.0 Å². The highest BCUT2D eigenvalue weighted by atomic mass is 32.3. The second-order valence-corrected chi connectivity index (χ2v) is 6.60. The molecule has 0 atom stereocenters. The lowest BCUT2D eigenvalue weighted by molar-refractivity contribution is -0.144. The highest BCUT2D eigenvalue weighted by Crippen LogP contribution is 2.19. The van der Waals surface area contributed by atoms with Gasteiger partial charge >= 0.3 is 22.5 Å². The maximum atomic E-state index is 12.3. The Morgan fingerprint density at radius 2 is 1.70 bits per heavy atom. The molecule has 0 aromatic heterocycles. The van der Waals surface area contributed by atoms with E-state index in [0.717, 1.165) is 0 Å². The van der Waals surface area contributed by atoms with Crippen molar-refractivity contribution < 1.29 is 35.0 Å². The molecular formula is C10H17F4NO4S. The molecule has 1 amide bonds. The molecule has 0 rings (SSSR count). The summed E-state index contributed by atoms with van der Waals surface area (Å²) in [5.41, 5.74) is -0.993. The number of carbonyl (C=O) groups excluding carboxylic acids is 1. The first-order chi connectivity index (χ1) is 8.70. The van der Waals surface area contributed by atoms with Gasteiger partial charge in [0.1, 0.15) is 12.1 Å². The van der Waals surface area contributed by atoms with Gasteiger partial charge in [0.2, 0.25) is 0 Å². The Labute approximate surface area is 115 Å².